The van der Waals surface area contributed by atoms with Crippen LogP contribution in [0.4, 0.5) is 0 Å². The maximum Gasteiger partial charge on any atom is 0.261 e. The molecule has 1 fully saturated rings. The lowest BCUT2D eigenvalue weighted by atomic mass is 10.1. The summed E-state index contributed by atoms with van der Waals surface area (Å²) in [6, 6.07) is 8.68. The molecule has 0 bridgehead atoms. The molecule has 7 nitrogen and oxygen atoms in total. The van der Waals surface area contributed by atoms with Crippen LogP contribution in [0.15, 0.2) is 35.2 Å². The molecule has 1 N–H and O–H groups in total. The lowest BCUT2D eigenvalue weighted by Crippen LogP contribution is -2.40. The van der Waals surface area contributed by atoms with Gasteiger partial charge in [0.2, 0.25) is 10.0 Å². The summed E-state index contributed by atoms with van der Waals surface area (Å²) in [5.41, 5.74) is 3.82. The molecule has 31 heavy (non-hydrogen) atoms. The number of hydrogen-bond acceptors (Lipinski definition) is 6. The number of nitrogens with zero attached hydrogens (tertiary/aromatic N) is 2. The van der Waals surface area contributed by atoms with Gasteiger partial charge in [-0.15, -0.1) is 11.3 Å². The third-order valence-electron chi connectivity index (χ3n) is 5.42. The number of carbonyl (C=O) groups is 1. The molecule has 9 heteroatoms. The predicted octanol–water partition coefficient (Wildman–Crippen LogP) is 3.17. The van der Waals surface area contributed by atoms with Crippen molar-refractivity contribution in [3.63, 3.8) is 0 Å². The number of pyridine rings is 1. The van der Waals surface area contributed by atoms with Gasteiger partial charge in [-0.2, -0.15) is 4.31 Å². The Kier molecular flexibility index (Phi) is 6.11. The summed E-state index contributed by atoms with van der Waals surface area (Å²) in [5, 5.41) is 3.98. The summed E-state index contributed by atoms with van der Waals surface area (Å²) in [4.78, 5) is 19.1. The van der Waals surface area contributed by atoms with E-state index in [9.17, 15) is 13.2 Å². The van der Waals surface area contributed by atoms with Crippen LogP contribution >= 0.6 is 11.3 Å². The SMILES string of the molecule is Cc1cc(C)c2c(C)c(C(=O)NCc3ccc(S(=O)(=O)N4CCOCC4)cc3)sc2n1. The fourth-order valence-corrected chi connectivity index (χ4v) is 6.44. The largest absolute Gasteiger partial charge is 0.379 e. The zero-order chi connectivity index (χ0) is 22.2. The quantitative estimate of drug-likeness (QED) is 0.633. The van der Waals surface area contributed by atoms with Gasteiger partial charge in [0.25, 0.3) is 5.91 Å². The third kappa shape index (κ3) is 4.36. The Hall–Kier alpha value is -2.33. The van der Waals surface area contributed by atoms with Crippen molar-refractivity contribution in [3.8, 4) is 0 Å². The van der Waals surface area contributed by atoms with E-state index in [1.165, 1.54) is 15.6 Å². The number of rotatable bonds is 5. The molecule has 2 aromatic heterocycles. The number of ether oxygens (including phenoxy) is 1. The second kappa shape index (κ2) is 8.66. The average Bonchev–Trinajstić information content (AvgIpc) is 3.09. The highest BCUT2D eigenvalue weighted by molar-refractivity contribution is 7.89. The predicted molar refractivity (Wildman–Crippen MR) is 121 cm³/mol. The summed E-state index contributed by atoms with van der Waals surface area (Å²) in [7, 11) is -3.52. The number of aryl methyl sites for hydroxylation is 3. The van der Waals surface area contributed by atoms with Crippen LogP contribution in [-0.2, 0) is 21.3 Å². The number of benzene rings is 1. The van der Waals surface area contributed by atoms with Crippen LogP contribution in [0, 0.1) is 20.8 Å². The van der Waals surface area contributed by atoms with Gasteiger partial charge >= 0.3 is 0 Å². The van der Waals surface area contributed by atoms with E-state index in [0.29, 0.717) is 37.7 Å². The van der Waals surface area contributed by atoms with Gasteiger partial charge in [-0.3, -0.25) is 4.79 Å². The topological polar surface area (TPSA) is 88.6 Å². The molecule has 0 unspecified atom stereocenters. The molecule has 0 atom stereocenters. The molecule has 1 aromatic carbocycles. The number of nitrogens with one attached hydrogen (secondary N) is 1. The molecule has 1 aliphatic rings. The lowest BCUT2D eigenvalue weighted by Gasteiger charge is -2.26. The van der Waals surface area contributed by atoms with Crippen molar-refractivity contribution in [2.24, 2.45) is 0 Å². The Labute approximate surface area is 186 Å². The number of amides is 1. The Morgan fingerprint density at radius 1 is 1.16 bits per heavy atom. The molecular weight excluding hydrogens is 434 g/mol. The van der Waals surface area contributed by atoms with E-state index in [4.69, 9.17) is 4.74 Å². The molecule has 1 aliphatic heterocycles. The second-order valence-corrected chi connectivity index (χ2v) is 10.6. The van der Waals surface area contributed by atoms with Crippen LogP contribution in [0.3, 0.4) is 0 Å². The van der Waals surface area contributed by atoms with Crippen molar-refractivity contribution in [1.82, 2.24) is 14.6 Å². The molecule has 3 aromatic rings. The minimum absolute atomic E-state index is 0.150. The smallest absolute Gasteiger partial charge is 0.261 e. The van der Waals surface area contributed by atoms with Gasteiger partial charge in [-0.25, -0.2) is 13.4 Å². The number of hydrogen-bond donors (Lipinski definition) is 1. The van der Waals surface area contributed by atoms with Crippen LogP contribution in [0.2, 0.25) is 0 Å². The monoisotopic (exact) mass is 459 g/mol. The Bertz CT molecular complexity index is 1230. The molecule has 1 saturated heterocycles. The van der Waals surface area contributed by atoms with Gasteiger partial charge in [0.05, 0.1) is 23.0 Å². The van der Waals surface area contributed by atoms with E-state index in [0.717, 1.165) is 32.6 Å². The molecular formula is C22H25N3O4S2. The van der Waals surface area contributed by atoms with Gasteiger partial charge in [-0.1, -0.05) is 12.1 Å². The fourth-order valence-electron chi connectivity index (χ4n) is 3.81. The first-order valence-corrected chi connectivity index (χ1v) is 12.4. The highest BCUT2D eigenvalue weighted by atomic mass is 32.2. The molecule has 4 rings (SSSR count). The van der Waals surface area contributed by atoms with Crippen molar-refractivity contribution in [3.05, 3.63) is 57.6 Å². The van der Waals surface area contributed by atoms with E-state index >= 15 is 0 Å². The van der Waals surface area contributed by atoms with Crippen molar-refractivity contribution in [1.29, 1.82) is 0 Å². The number of morpholine rings is 1. The van der Waals surface area contributed by atoms with E-state index in [2.05, 4.69) is 10.3 Å². The number of carbonyl (C=O) groups excluding carboxylic acids is 1. The maximum atomic E-state index is 12.8. The highest BCUT2D eigenvalue weighted by Gasteiger charge is 2.26. The first-order chi connectivity index (χ1) is 14.8. The van der Waals surface area contributed by atoms with E-state index < -0.39 is 10.0 Å². The maximum absolute atomic E-state index is 12.8. The van der Waals surface area contributed by atoms with Crippen molar-refractivity contribution in [2.75, 3.05) is 26.3 Å². The van der Waals surface area contributed by atoms with Gasteiger partial charge in [-0.05, 0) is 55.7 Å². The molecule has 3 heterocycles. The average molecular weight is 460 g/mol. The number of sulfonamides is 1. The number of aromatic nitrogens is 1. The highest BCUT2D eigenvalue weighted by Crippen LogP contribution is 2.32. The Balaban J connectivity index is 1.46. The van der Waals surface area contributed by atoms with Crippen LogP contribution in [0.25, 0.3) is 10.2 Å². The summed E-state index contributed by atoms with van der Waals surface area (Å²) in [5.74, 6) is -0.150. The van der Waals surface area contributed by atoms with Crippen LogP contribution in [0.5, 0.6) is 0 Å². The molecule has 0 aliphatic carbocycles. The van der Waals surface area contributed by atoms with E-state index in [1.807, 2.05) is 26.8 Å². The van der Waals surface area contributed by atoms with Crippen LogP contribution in [0.1, 0.15) is 32.1 Å². The molecule has 164 valence electrons. The normalized spacial score (nSPS) is 15.3. The number of thiophene rings is 1. The zero-order valence-electron chi connectivity index (χ0n) is 17.8. The molecule has 1 amide bonds. The summed E-state index contributed by atoms with van der Waals surface area (Å²) in [6.45, 7) is 7.79. The fraction of sp³-hybridized carbons (Fsp3) is 0.364. The molecule has 0 spiro atoms. The molecule has 0 saturated carbocycles. The van der Waals surface area contributed by atoms with Crippen molar-refractivity contribution in [2.45, 2.75) is 32.2 Å². The Morgan fingerprint density at radius 3 is 2.52 bits per heavy atom. The van der Waals surface area contributed by atoms with Gasteiger partial charge < -0.3 is 10.1 Å². The van der Waals surface area contributed by atoms with Crippen LogP contribution < -0.4 is 5.32 Å². The first-order valence-electron chi connectivity index (χ1n) is 10.1. The van der Waals surface area contributed by atoms with E-state index in [1.54, 1.807) is 24.3 Å². The van der Waals surface area contributed by atoms with Gasteiger partial charge in [0.1, 0.15) is 4.83 Å². The second-order valence-electron chi connectivity index (χ2n) is 7.66. The minimum atomic E-state index is -3.52. The molecule has 0 radical (unpaired) electrons. The van der Waals surface area contributed by atoms with E-state index in [-0.39, 0.29) is 10.8 Å². The van der Waals surface area contributed by atoms with Crippen LogP contribution in [-0.4, -0.2) is 49.9 Å². The van der Waals surface area contributed by atoms with Crippen molar-refractivity contribution >= 4 is 37.5 Å². The van der Waals surface area contributed by atoms with Crippen molar-refractivity contribution < 1.29 is 17.9 Å². The zero-order valence-corrected chi connectivity index (χ0v) is 19.4. The standard InChI is InChI=1S/C22H25N3O4S2/c1-14-12-15(2)24-22-19(14)16(3)20(30-22)21(26)23-13-17-4-6-18(7-5-17)31(27,28)25-8-10-29-11-9-25/h4-7,12H,8-11,13H2,1-3H3,(H,23,26). The Morgan fingerprint density at radius 2 is 1.84 bits per heavy atom. The number of fused-ring (bicyclic) bond motifs is 1. The third-order valence-corrected chi connectivity index (χ3v) is 8.51. The van der Waals surface area contributed by atoms with Gasteiger partial charge in [0, 0.05) is 30.7 Å². The summed E-state index contributed by atoms with van der Waals surface area (Å²) in [6.07, 6.45) is 0. The minimum Gasteiger partial charge on any atom is -0.379 e. The van der Waals surface area contributed by atoms with Gasteiger partial charge in [0.15, 0.2) is 0 Å². The lowest BCUT2D eigenvalue weighted by molar-refractivity contribution is 0.0730. The summed E-state index contributed by atoms with van der Waals surface area (Å²) >= 11 is 1.40. The first kappa shape index (κ1) is 21.9. The summed E-state index contributed by atoms with van der Waals surface area (Å²) < 4.78 is 32.1.